The van der Waals surface area contributed by atoms with Crippen LogP contribution in [0.1, 0.15) is 81.5 Å². The van der Waals surface area contributed by atoms with Crippen LogP contribution in [0.15, 0.2) is 66.7 Å². The molecule has 3 aromatic carbocycles. The number of aryl methyl sites for hydroxylation is 1. The molecule has 12 nitrogen and oxygen atoms in total. The van der Waals surface area contributed by atoms with E-state index in [2.05, 4.69) is 9.88 Å². The Bertz CT molecular complexity index is 2600. The van der Waals surface area contributed by atoms with E-state index >= 15 is 17.6 Å². The van der Waals surface area contributed by atoms with Crippen LogP contribution in [0, 0.1) is 12.7 Å². The molecule has 0 aliphatic carbocycles. The molecule has 2 bridgehead atoms. The second-order valence-corrected chi connectivity index (χ2v) is 19.6. The topological polar surface area (TPSA) is 106 Å². The molecule has 4 saturated heterocycles. The summed E-state index contributed by atoms with van der Waals surface area (Å²) < 4.78 is 102. The number of ether oxygens (including phenoxy) is 4. The van der Waals surface area contributed by atoms with E-state index in [4.69, 9.17) is 28.9 Å². The van der Waals surface area contributed by atoms with Crippen molar-refractivity contribution in [3.05, 3.63) is 94.8 Å². The zero-order valence-corrected chi connectivity index (χ0v) is 39.3. The van der Waals surface area contributed by atoms with Gasteiger partial charge in [-0.05, 0) is 125 Å². The van der Waals surface area contributed by atoms with Crippen LogP contribution in [-0.4, -0.2) is 107 Å². The Morgan fingerprint density at radius 3 is 2.15 bits per heavy atom. The fourth-order valence-electron chi connectivity index (χ4n) is 10.6. The second kappa shape index (κ2) is 18.5. The third kappa shape index (κ3) is 9.55. The number of rotatable bonds is 12. The van der Waals surface area contributed by atoms with E-state index in [0.29, 0.717) is 56.2 Å². The maximum atomic E-state index is 17.8. The summed E-state index contributed by atoms with van der Waals surface area (Å²) in [5, 5.41) is 0.257. The number of benzene rings is 3. The minimum absolute atomic E-state index is 0.0516. The largest absolute Gasteiger partial charge is 0.497 e. The predicted molar refractivity (Wildman–Crippen MR) is 249 cm³/mol. The molecule has 0 radical (unpaired) electrons. The summed E-state index contributed by atoms with van der Waals surface area (Å²) in [5.74, 6) is 0.778. The SMILES string of the molecule is COc1ccc(CN(Cc2ccc(OC)cc2)c2cc(C)c(C(F)(F)F)c(-c3ccc4c(N5CC[C@H]6CC[C@H](C5)N6C(=O)OC(C)(C)C)nc(OC[C@@]56CCCN5C[C@H](F)C6)nc4c3F)n2)cc1. The van der Waals surface area contributed by atoms with E-state index in [0.717, 1.165) is 30.5 Å². The highest BCUT2D eigenvalue weighted by Gasteiger charge is 2.50. The Labute approximate surface area is 393 Å². The Balaban J connectivity index is 1.15. The number of aromatic nitrogens is 3. The number of anilines is 2. The lowest BCUT2D eigenvalue weighted by Crippen LogP contribution is -2.45. The number of fused-ring (bicyclic) bond motifs is 4. The van der Waals surface area contributed by atoms with Gasteiger partial charge in [0.2, 0.25) is 0 Å². The van der Waals surface area contributed by atoms with Crippen molar-refractivity contribution in [2.75, 3.05) is 56.8 Å². The first kappa shape index (κ1) is 47.1. The standard InChI is InChI=1S/C51H58F5N7O5/c1-31-24-41(61(26-32-8-14-37(65-5)15-9-32)27-33-10-16-38(66-6)17-11-33)57-44(42(31)51(54,55)56)39-18-19-40-45(43(39)53)58-47(67-30-50-21-7-22-62(50)28-34(52)25-50)59-46(40)60-23-20-35-12-13-36(29-60)63(35)48(64)68-49(2,3)4/h8-11,14-19,24,34-36H,7,12-13,20-23,25-30H2,1-6H3/t34-,35-,36-,50+/m1/s1. The zero-order chi connectivity index (χ0) is 48.1. The number of carbonyl (C=O) groups is 1. The quantitative estimate of drug-likeness (QED) is 0.112. The van der Waals surface area contributed by atoms with Crippen LogP contribution in [0.4, 0.5) is 38.4 Å². The van der Waals surface area contributed by atoms with E-state index in [1.165, 1.54) is 19.1 Å². The summed E-state index contributed by atoms with van der Waals surface area (Å²) in [6.45, 7) is 9.16. The monoisotopic (exact) mass is 943 g/mol. The maximum Gasteiger partial charge on any atom is 0.418 e. The van der Waals surface area contributed by atoms with E-state index in [-0.39, 0.29) is 66.5 Å². The lowest BCUT2D eigenvalue weighted by molar-refractivity contribution is -0.137. The summed E-state index contributed by atoms with van der Waals surface area (Å²) in [7, 11) is 3.13. The minimum Gasteiger partial charge on any atom is -0.497 e. The molecule has 4 aliphatic rings. The van der Waals surface area contributed by atoms with Crippen molar-refractivity contribution in [1.82, 2.24) is 24.8 Å². The summed E-state index contributed by atoms with van der Waals surface area (Å²) >= 11 is 0. The van der Waals surface area contributed by atoms with Gasteiger partial charge in [-0.15, -0.1) is 0 Å². The molecule has 0 N–H and O–H groups in total. The van der Waals surface area contributed by atoms with Gasteiger partial charge in [-0.3, -0.25) is 4.90 Å². The van der Waals surface area contributed by atoms with Crippen LogP contribution in [0.2, 0.25) is 0 Å². The summed E-state index contributed by atoms with van der Waals surface area (Å²) in [6, 6.07) is 18.4. The van der Waals surface area contributed by atoms with Crippen molar-refractivity contribution >= 4 is 28.6 Å². The van der Waals surface area contributed by atoms with Gasteiger partial charge in [0.05, 0.1) is 37.1 Å². The average Bonchev–Trinajstić information content (AvgIpc) is 3.92. The first-order valence-corrected chi connectivity index (χ1v) is 23.3. The number of hydrogen-bond acceptors (Lipinski definition) is 11. The highest BCUT2D eigenvalue weighted by molar-refractivity contribution is 5.94. The lowest BCUT2D eigenvalue weighted by atomic mass is 9.95. The summed E-state index contributed by atoms with van der Waals surface area (Å²) in [6.07, 6.45) is -2.41. The van der Waals surface area contributed by atoms with Gasteiger partial charge in [0.25, 0.3) is 0 Å². The van der Waals surface area contributed by atoms with Crippen molar-refractivity contribution < 1.29 is 45.7 Å². The molecule has 5 aromatic rings. The third-order valence-electron chi connectivity index (χ3n) is 13.8. The van der Waals surface area contributed by atoms with E-state index in [1.807, 2.05) is 54.8 Å². The van der Waals surface area contributed by atoms with Crippen molar-refractivity contribution in [3.63, 3.8) is 0 Å². The van der Waals surface area contributed by atoms with Crippen LogP contribution >= 0.6 is 0 Å². The molecule has 68 heavy (non-hydrogen) atoms. The number of halogens is 5. The predicted octanol–water partition coefficient (Wildman–Crippen LogP) is 10.3. The van der Waals surface area contributed by atoms with Crippen molar-refractivity contribution in [1.29, 1.82) is 0 Å². The van der Waals surface area contributed by atoms with Crippen molar-refractivity contribution in [3.8, 4) is 28.8 Å². The third-order valence-corrected chi connectivity index (χ3v) is 13.8. The van der Waals surface area contributed by atoms with Gasteiger partial charge in [-0.25, -0.2) is 18.6 Å². The van der Waals surface area contributed by atoms with Crippen molar-refractivity contribution in [2.24, 2.45) is 0 Å². The van der Waals surface area contributed by atoms with Crippen LogP contribution < -0.4 is 24.0 Å². The van der Waals surface area contributed by atoms with Crippen LogP contribution in [0.5, 0.6) is 17.5 Å². The maximum absolute atomic E-state index is 17.8. The first-order valence-electron chi connectivity index (χ1n) is 23.3. The molecule has 0 saturated carbocycles. The Hall–Kier alpha value is -5.97. The molecule has 1 amide bonds. The number of hydrogen-bond donors (Lipinski definition) is 0. The number of alkyl halides is 4. The molecule has 6 heterocycles. The van der Waals surface area contributed by atoms with E-state index in [1.54, 1.807) is 49.5 Å². The molecule has 4 atom stereocenters. The lowest BCUT2D eigenvalue weighted by Gasteiger charge is -2.32. The van der Waals surface area contributed by atoms with Crippen LogP contribution in [0.25, 0.3) is 22.2 Å². The number of amides is 1. The van der Waals surface area contributed by atoms with Crippen LogP contribution in [-0.2, 0) is 24.0 Å². The van der Waals surface area contributed by atoms with Gasteiger partial charge in [0.1, 0.15) is 47.0 Å². The summed E-state index contributed by atoms with van der Waals surface area (Å²) in [4.78, 5) is 35.4. The second-order valence-electron chi connectivity index (χ2n) is 19.6. The van der Waals surface area contributed by atoms with E-state index in [9.17, 15) is 9.18 Å². The molecule has 4 aliphatic heterocycles. The van der Waals surface area contributed by atoms with Gasteiger partial charge in [-0.1, -0.05) is 24.3 Å². The molecule has 9 rings (SSSR count). The molecule has 362 valence electrons. The molecule has 2 aromatic heterocycles. The summed E-state index contributed by atoms with van der Waals surface area (Å²) in [5.41, 5.74) is -2.07. The average molecular weight is 944 g/mol. The minimum atomic E-state index is -4.92. The zero-order valence-electron chi connectivity index (χ0n) is 39.3. The Kier molecular flexibility index (Phi) is 12.8. The van der Waals surface area contributed by atoms with E-state index < -0.39 is 52.2 Å². The van der Waals surface area contributed by atoms with Gasteiger partial charge in [-0.2, -0.15) is 23.1 Å². The number of nitrogens with zero attached hydrogens (tertiary/aromatic N) is 7. The smallest absolute Gasteiger partial charge is 0.418 e. The highest BCUT2D eigenvalue weighted by Crippen LogP contribution is 2.45. The fourth-order valence-corrected chi connectivity index (χ4v) is 10.6. The molecule has 17 heteroatoms. The Morgan fingerprint density at radius 1 is 0.853 bits per heavy atom. The molecular formula is C51H58F5N7O5. The molecule has 0 spiro atoms. The fraction of sp³-hybridized carbons (Fsp3) is 0.490. The van der Waals surface area contributed by atoms with Gasteiger partial charge in [0.15, 0.2) is 5.82 Å². The molecule has 4 fully saturated rings. The van der Waals surface area contributed by atoms with Crippen LogP contribution in [0.3, 0.4) is 0 Å². The number of carbonyl (C=O) groups excluding carboxylic acids is 1. The van der Waals surface area contributed by atoms with Gasteiger partial charge < -0.3 is 33.6 Å². The molecule has 0 unspecified atom stereocenters. The Morgan fingerprint density at radius 2 is 1.51 bits per heavy atom. The molecular weight excluding hydrogens is 886 g/mol. The highest BCUT2D eigenvalue weighted by atomic mass is 19.4. The first-order chi connectivity index (χ1) is 32.4. The van der Waals surface area contributed by atoms with Gasteiger partial charge in [0, 0.05) is 56.1 Å². The number of methoxy groups -OCH3 is 2. The number of pyridine rings is 1. The van der Waals surface area contributed by atoms with Crippen molar-refractivity contribution in [2.45, 2.75) is 115 Å². The normalized spacial score (nSPS) is 21.8. The van der Waals surface area contributed by atoms with Gasteiger partial charge >= 0.3 is 18.3 Å².